The maximum atomic E-state index is 3.36. The minimum Gasteiger partial charge on any atom is -0.197 e. The normalized spacial score (nSPS) is 12.6. The SMILES string of the molecule is CC([SiH3])C(C)(C)C#Cc1ccccc1.CC([SiH3])C(C)(C)C#Cc1ccccc1.S. The van der Waals surface area contributed by atoms with Crippen molar-refractivity contribution in [3.8, 4) is 23.7 Å². The average molecular weight is 439 g/mol. The van der Waals surface area contributed by atoms with Gasteiger partial charge < -0.3 is 0 Å². The van der Waals surface area contributed by atoms with Crippen LogP contribution in [0, 0.1) is 34.5 Å². The van der Waals surface area contributed by atoms with Gasteiger partial charge in [-0.2, -0.15) is 13.5 Å². The Morgan fingerprint density at radius 2 is 0.897 bits per heavy atom. The van der Waals surface area contributed by atoms with Crippen LogP contribution < -0.4 is 0 Å². The van der Waals surface area contributed by atoms with Gasteiger partial charge in [-0.1, -0.05) is 73.9 Å². The van der Waals surface area contributed by atoms with Crippen LogP contribution >= 0.6 is 13.5 Å². The molecule has 0 radical (unpaired) electrons. The van der Waals surface area contributed by atoms with Crippen LogP contribution in [0.3, 0.4) is 0 Å². The van der Waals surface area contributed by atoms with Crippen LogP contribution in [0.15, 0.2) is 60.7 Å². The van der Waals surface area contributed by atoms with Gasteiger partial charge in [0.1, 0.15) is 0 Å². The molecule has 0 saturated carbocycles. The van der Waals surface area contributed by atoms with Gasteiger partial charge in [-0.15, -0.1) is 0 Å². The maximum absolute atomic E-state index is 3.36. The van der Waals surface area contributed by atoms with Crippen LogP contribution in [0.4, 0.5) is 0 Å². The van der Waals surface area contributed by atoms with Gasteiger partial charge in [-0.25, -0.2) is 0 Å². The molecule has 0 N–H and O–H groups in total. The highest BCUT2D eigenvalue weighted by molar-refractivity contribution is 7.59. The fraction of sp³-hybridized carbons (Fsp3) is 0.385. The molecular formula is C26H38SSi2. The summed E-state index contributed by atoms with van der Waals surface area (Å²) in [5.41, 5.74) is 3.98. The van der Waals surface area contributed by atoms with E-state index < -0.39 is 0 Å². The lowest BCUT2D eigenvalue weighted by Gasteiger charge is -2.22. The molecule has 0 aromatic heterocycles. The second kappa shape index (κ2) is 12.8. The zero-order valence-electron chi connectivity index (χ0n) is 19.4. The van der Waals surface area contributed by atoms with Crippen molar-refractivity contribution in [2.45, 2.75) is 52.6 Å². The molecule has 0 aliphatic carbocycles. The van der Waals surface area contributed by atoms with Crippen molar-refractivity contribution < 1.29 is 0 Å². The molecule has 0 nitrogen and oxygen atoms in total. The summed E-state index contributed by atoms with van der Waals surface area (Å²) >= 11 is 0. The first-order valence-corrected chi connectivity index (χ1v) is 12.5. The molecule has 0 amide bonds. The predicted molar refractivity (Wildman–Crippen MR) is 143 cm³/mol. The van der Waals surface area contributed by atoms with Crippen LogP contribution in [-0.2, 0) is 0 Å². The van der Waals surface area contributed by atoms with E-state index in [4.69, 9.17) is 0 Å². The molecule has 2 aromatic carbocycles. The molecule has 2 atom stereocenters. The molecular weight excluding hydrogens is 401 g/mol. The Kier molecular flexibility index (Phi) is 12.1. The summed E-state index contributed by atoms with van der Waals surface area (Å²) in [6.45, 7) is 13.4. The molecule has 0 spiro atoms. The highest BCUT2D eigenvalue weighted by Gasteiger charge is 2.19. The third-order valence-corrected chi connectivity index (χ3v) is 8.38. The second-order valence-corrected chi connectivity index (χ2v) is 12.4. The van der Waals surface area contributed by atoms with E-state index in [1.165, 1.54) is 20.5 Å². The van der Waals surface area contributed by atoms with E-state index in [9.17, 15) is 0 Å². The molecule has 29 heavy (non-hydrogen) atoms. The van der Waals surface area contributed by atoms with Crippen molar-refractivity contribution in [1.29, 1.82) is 0 Å². The van der Waals surface area contributed by atoms with E-state index in [2.05, 4.69) is 89.5 Å². The third-order valence-electron chi connectivity index (χ3n) is 5.49. The fourth-order valence-electron chi connectivity index (χ4n) is 1.80. The quantitative estimate of drug-likeness (QED) is 0.475. The van der Waals surface area contributed by atoms with Crippen LogP contribution in [0.25, 0.3) is 0 Å². The van der Waals surface area contributed by atoms with E-state index in [-0.39, 0.29) is 24.3 Å². The van der Waals surface area contributed by atoms with Gasteiger partial charge >= 0.3 is 0 Å². The first kappa shape index (κ1) is 27.3. The third kappa shape index (κ3) is 10.6. The van der Waals surface area contributed by atoms with Crippen molar-refractivity contribution >= 4 is 34.0 Å². The maximum Gasteiger partial charge on any atom is 0.0255 e. The molecule has 0 heterocycles. The number of benzene rings is 2. The van der Waals surface area contributed by atoms with Crippen LogP contribution in [0.1, 0.15) is 52.7 Å². The van der Waals surface area contributed by atoms with E-state index in [0.29, 0.717) is 0 Å². The first-order valence-electron chi connectivity index (χ1n) is 10.2. The summed E-state index contributed by atoms with van der Waals surface area (Å²) in [5, 5.41) is 0. The Hall–Kier alpha value is -1.66. The predicted octanol–water partition coefficient (Wildman–Crippen LogP) is 4.59. The van der Waals surface area contributed by atoms with Crippen LogP contribution in [0.5, 0.6) is 0 Å². The lowest BCUT2D eigenvalue weighted by Crippen LogP contribution is -2.14. The highest BCUT2D eigenvalue weighted by atomic mass is 32.1. The van der Waals surface area contributed by atoms with Crippen LogP contribution in [0.2, 0.25) is 11.1 Å². The zero-order chi connectivity index (χ0) is 21.2. The lowest BCUT2D eigenvalue weighted by atomic mass is 9.90. The molecule has 0 saturated heterocycles. The molecule has 2 rings (SSSR count). The van der Waals surface area contributed by atoms with Gasteiger partial charge in [0.2, 0.25) is 0 Å². The van der Waals surface area contributed by atoms with Crippen molar-refractivity contribution in [3.05, 3.63) is 71.8 Å². The Labute approximate surface area is 192 Å². The second-order valence-electron chi connectivity index (χ2n) is 8.98. The van der Waals surface area contributed by atoms with Gasteiger partial charge in [0.05, 0.1) is 0 Å². The minimum absolute atomic E-state index is 0. The molecule has 0 bridgehead atoms. The van der Waals surface area contributed by atoms with Crippen molar-refractivity contribution in [2.75, 3.05) is 0 Å². The van der Waals surface area contributed by atoms with Crippen molar-refractivity contribution in [1.82, 2.24) is 0 Å². The Morgan fingerprint density at radius 1 is 0.621 bits per heavy atom. The summed E-state index contributed by atoms with van der Waals surface area (Å²) in [6, 6.07) is 20.4. The standard InChI is InChI=1S/2C13H18Si.H2S/c2*1-11(14)13(2,3)10-9-12-7-5-4-6-8-12;/h2*4-8,11H,1-3,14H3;1H2. The van der Waals surface area contributed by atoms with Gasteiger partial charge in [0, 0.05) is 42.4 Å². The van der Waals surface area contributed by atoms with Gasteiger partial charge in [-0.05, 0) is 63.0 Å². The van der Waals surface area contributed by atoms with E-state index in [0.717, 1.165) is 22.2 Å². The summed E-state index contributed by atoms with van der Waals surface area (Å²) in [4.78, 5) is 0. The fourth-order valence-corrected chi connectivity index (χ4v) is 2.09. The van der Waals surface area contributed by atoms with Gasteiger partial charge in [0.25, 0.3) is 0 Å². The average Bonchev–Trinajstić information content (AvgIpc) is 2.67. The number of hydrogen-bond acceptors (Lipinski definition) is 0. The summed E-state index contributed by atoms with van der Waals surface area (Å²) in [5.74, 6) is 13.2. The highest BCUT2D eigenvalue weighted by Crippen LogP contribution is 2.28. The van der Waals surface area contributed by atoms with E-state index in [1.54, 1.807) is 0 Å². The molecule has 156 valence electrons. The molecule has 3 heteroatoms. The molecule has 2 aromatic rings. The largest absolute Gasteiger partial charge is 0.197 e. The molecule has 0 aliphatic heterocycles. The van der Waals surface area contributed by atoms with Gasteiger partial charge in [0.15, 0.2) is 0 Å². The van der Waals surface area contributed by atoms with Gasteiger partial charge in [-0.3, -0.25) is 0 Å². The monoisotopic (exact) mass is 438 g/mol. The van der Waals surface area contributed by atoms with E-state index >= 15 is 0 Å². The number of rotatable bonds is 2. The summed E-state index contributed by atoms with van der Waals surface area (Å²) < 4.78 is 0. The smallest absolute Gasteiger partial charge is 0.0255 e. The lowest BCUT2D eigenvalue weighted by molar-refractivity contribution is 0.484. The molecule has 0 fully saturated rings. The Bertz CT molecular complexity index is 757. The zero-order valence-corrected chi connectivity index (χ0v) is 24.4. The van der Waals surface area contributed by atoms with Crippen molar-refractivity contribution in [3.63, 3.8) is 0 Å². The summed E-state index contributed by atoms with van der Waals surface area (Å²) in [6.07, 6.45) is 0. The summed E-state index contributed by atoms with van der Waals surface area (Å²) in [7, 11) is 2.40. The minimum atomic E-state index is 0. The Balaban J connectivity index is 0.000000523. The van der Waals surface area contributed by atoms with E-state index in [1.807, 2.05) is 36.4 Å². The van der Waals surface area contributed by atoms with Crippen LogP contribution in [-0.4, -0.2) is 20.5 Å². The molecule has 0 aliphatic rings. The number of hydrogen-bond donors (Lipinski definition) is 0. The molecule has 2 unspecified atom stereocenters. The van der Waals surface area contributed by atoms with Crippen molar-refractivity contribution in [2.24, 2.45) is 10.8 Å². The Morgan fingerprint density at radius 3 is 1.14 bits per heavy atom. The topological polar surface area (TPSA) is 0 Å². The first-order chi connectivity index (χ1) is 13.0.